The summed E-state index contributed by atoms with van der Waals surface area (Å²) in [7, 11) is 0. The summed E-state index contributed by atoms with van der Waals surface area (Å²) in [6.45, 7) is 4.78. The number of aromatic nitrogens is 2. The lowest BCUT2D eigenvalue weighted by molar-refractivity contribution is 0.626. The van der Waals surface area contributed by atoms with Crippen LogP contribution in [0.25, 0.3) is 0 Å². The zero-order valence-corrected chi connectivity index (χ0v) is 12.9. The maximum Gasteiger partial charge on any atom is 0.146 e. The fraction of sp³-hybridized carbons (Fsp3) is 0.286. The fourth-order valence-corrected chi connectivity index (χ4v) is 2.26. The second kappa shape index (κ2) is 6.65. The number of rotatable bonds is 5. The van der Waals surface area contributed by atoms with Crippen LogP contribution in [0.3, 0.4) is 0 Å². The van der Waals surface area contributed by atoms with Crippen LogP contribution in [0.5, 0.6) is 0 Å². The largest absolute Gasteiger partial charge is 0.369 e. The van der Waals surface area contributed by atoms with E-state index in [4.69, 9.17) is 0 Å². The van der Waals surface area contributed by atoms with Crippen molar-refractivity contribution in [2.45, 2.75) is 19.9 Å². The van der Waals surface area contributed by atoms with Gasteiger partial charge in [0.05, 0.1) is 0 Å². The van der Waals surface area contributed by atoms with Gasteiger partial charge >= 0.3 is 0 Å². The van der Waals surface area contributed by atoms with Gasteiger partial charge < -0.3 is 10.6 Å². The van der Waals surface area contributed by atoms with Gasteiger partial charge in [-0.2, -0.15) is 0 Å². The summed E-state index contributed by atoms with van der Waals surface area (Å²) in [5.41, 5.74) is 0.988. The van der Waals surface area contributed by atoms with E-state index in [2.05, 4.69) is 36.5 Å². The smallest absolute Gasteiger partial charge is 0.146 e. The highest BCUT2D eigenvalue weighted by Gasteiger charge is 2.12. The van der Waals surface area contributed by atoms with Gasteiger partial charge in [-0.05, 0) is 47.5 Å². The maximum absolute atomic E-state index is 12.9. The first-order valence-corrected chi connectivity index (χ1v) is 7.17. The van der Waals surface area contributed by atoms with Crippen molar-refractivity contribution in [3.05, 3.63) is 46.4 Å². The van der Waals surface area contributed by atoms with Gasteiger partial charge in [-0.15, -0.1) is 0 Å². The number of hydrogen-bond donors (Lipinski definition) is 2. The molecular formula is C14H16BrFN4. The van der Waals surface area contributed by atoms with E-state index in [0.29, 0.717) is 5.82 Å². The normalized spacial score (nSPS) is 12.0. The minimum absolute atomic E-state index is 0.0104. The van der Waals surface area contributed by atoms with Crippen LogP contribution in [-0.2, 0) is 0 Å². The Morgan fingerprint density at radius 2 is 1.85 bits per heavy atom. The van der Waals surface area contributed by atoms with Crippen LogP contribution in [0.15, 0.2) is 35.1 Å². The van der Waals surface area contributed by atoms with Gasteiger partial charge in [-0.25, -0.2) is 14.4 Å². The average molecular weight is 339 g/mol. The lowest BCUT2D eigenvalue weighted by Crippen LogP contribution is -2.10. The standard InChI is InChI=1S/C14H16BrFN4/c1-3-17-13-12(15)14(19-8-18-13)20-9(2)10-4-6-11(16)7-5-10/h4-9H,3H2,1-2H3,(H2,17,18,19,20). The molecule has 6 heteroatoms. The van der Waals surface area contributed by atoms with E-state index < -0.39 is 0 Å². The zero-order valence-electron chi connectivity index (χ0n) is 11.3. The molecule has 0 bridgehead atoms. The first kappa shape index (κ1) is 14.7. The Kier molecular flexibility index (Phi) is 4.89. The number of benzene rings is 1. The molecule has 1 unspecified atom stereocenters. The third kappa shape index (κ3) is 3.45. The van der Waals surface area contributed by atoms with E-state index in [0.717, 1.165) is 22.4 Å². The molecule has 0 aliphatic rings. The highest BCUT2D eigenvalue weighted by atomic mass is 79.9. The van der Waals surface area contributed by atoms with Crippen LogP contribution in [-0.4, -0.2) is 16.5 Å². The number of anilines is 2. The van der Waals surface area contributed by atoms with Gasteiger partial charge in [-0.1, -0.05) is 12.1 Å². The van der Waals surface area contributed by atoms with Gasteiger partial charge in [0.25, 0.3) is 0 Å². The summed E-state index contributed by atoms with van der Waals surface area (Å²) >= 11 is 3.48. The van der Waals surface area contributed by atoms with Crippen LogP contribution in [0, 0.1) is 5.82 Å². The van der Waals surface area contributed by atoms with Crippen LogP contribution in [0.1, 0.15) is 25.5 Å². The number of nitrogens with one attached hydrogen (secondary N) is 2. The molecule has 0 amide bonds. The molecule has 1 heterocycles. The van der Waals surface area contributed by atoms with Gasteiger partial charge in [0.2, 0.25) is 0 Å². The van der Waals surface area contributed by atoms with Crippen LogP contribution >= 0.6 is 15.9 Å². The molecular weight excluding hydrogens is 323 g/mol. The third-order valence-corrected chi connectivity index (χ3v) is 3.61. The predicted octanol–water partition coefficient (Wildman–Crippen LogP) is 3.98. The predicted molar refractivity (Wildman–Crippen MR) is 82.3 cm³/mol. The lowest BCUT2D eigenvalue weighted by Gasteiger charge is -2.17. The first-order chi connectivity index (χ1) is 9.61. The van der Waals surface area contributed by atoms with Crippen molar-refractivity contribution < 1.29 is 4.39 Å². The van der Waals surface area contributed by atoms with Crippen LogP contribution < -0.4 is 10.6 Å². The summed E-state index contributed by atoms with van der Waals surface area (Å²) in [4.78, 5) is 8.38. The van der Waals surface area contributed by atoms with Crippen LogP contribution in [0.4, 0.5) is 16.0 Å². The molecule has 0 spiro atoms. The fourth-order valence-electron chi connectivity index (χ4n) is 1.80. The quantitative estimate of drug-likeness (QED) is 0.865. The molecule has 1 aromatic carbocycles. The second-order valence-electron chi connectivity index (χ2n) is 4.33. The molecule has 0 aliphatic carbocycles. The number of hydrogen-bond acceptors (Lipinski definition) is 4. The summed E-state index contributed by atoms with van der Waals surface area (Å²) in [5.74, 6) is 1.21. The van der Waals surface area contributed by atoms with Gasteiger partial charge in [0.1, 0.15) is 28.3 Å². The first-order valence-electron chi connectivity index (χ1n) is 6.38. The Morgan fingerprint density at radius 3 is 2.50 bits per heavy atom. The van der Waals surface area contributed by atoms with Crippen molar-refractivity contribution in [1.29, 1.82) is 0 Å². The van der Waals surface area contributed by atoms with E-state index in [9.17, 15) is 4.39 Å². The molecule has 0 fully saturated rings. The van der Waals surface area contributed by atoms with Crippen molar-refractivity contribution in [3.63, 3.8) is 0 Å². The van der Waals surface area contributed by atoms with Crippen molar-refractivity contribution in [2.75, 3.05) is 17.2 Å². The van der Waals surface area contributed by atoms with Crippen molar-refractivity contribution in [3.8, 4) is 0 Å². The maximum atomic E-state index is 12.9. The Bertz CT molecular complexity index is 574. The molecule has 0 saturated carbocycles. The van der Waals surface area contributed by atoms with E-state index in [1.165, 1.54) is 18.5 Å². The molecule has 106 valence electrons. The minimum atomic E-state index is -0.237. The molecule has 1 aromatic heterocycles. The summed E-state index contributed by atoms with van der Waals surface area (Å²) < 4.78 is 13.7. The number of halogens is 2. The van der Waals surface area contributed by atoms with Crippen molar-refractivity contribution in [2.24, 2.45) is 0 Å². The summed E-state index contributed by atoms with van der Waals surface area (Å²) in [6.07, 6.45) is 1.50. The lowest BCUT2D eigenvalue weighted by atomic mass is 10.1. The molecule has 0 radical (unpaired) electrons. The molecule has 0 aliphatic heterocycles. The highest BCUT2D eigenvalue weighted by Crippen LogP contribution is 2.29. The Labute approximate surface area is 126 Å². The van der Waals surface area contributed by atoms with E-state index in [1.54, 1.807) is 12.1 Å². The molecule has 20 heavy (non-hydrogen) atoms. The zero-order chi connectivity index (χ0) is 14.5. The van der Waals surface area contributed by atoms with E-state index in [-0.39, 0.29) is 11.9 Å². The Morgan fingerprint density at radius 1 is 1.20 bits per heavy atom. The van der Waals surface area contributed by atoms with E-state index >= 15 is 0 Å². The highest BCUT2D eigenvalue weighted by molar-refractivity contribution is 9.10. The van der Waals surface area contributed by atoms with Crippen molar-refractivity contribution in [1.82, 2.24) is 9.97 Å². The van der Waals surface area contributed by atoms with Gasteiger partial charge in [0, 0.05) is 12.6 Å². The van der Waals surface area contributed by atoms with Gasteiger partial charge in [-0.3, -0.25) is 0 Å². The third-order valence-electron chi connectivity index (χ3n) is 2.86. The molecule has 2 rings (SSSR count). The minimum Gasteiger partial charge on any atom is -0.369 e. The molecule has 2 aromatic rings. The molecule has 2 N–H and O–H groups in total. The SMILES string of the molecule is CCNc1ncnc(NC(C)c2ccc(F)cc2)c1Br. The summed E-state index contributed by atoms with van der Waals surface area (Å²) in [5, 5.41) is 6.43. The average Bonchev–Trinajstić information content (AvgIpc) is 2.44. The Balaban J connectivity index is 2.17. The number of nitrogens with zero attached hydrogens (tertiary/aromatic N) is 2. The van der Waals surface area contributed by atoms with E-state index in [1.807, 2.05) is 13.8 Å². The molecule has 0 saturated heterocycles. The monoisotopic (exact) mass is 338 g/mol. The topological polar surface area (TPSA) is 49.8 Å². The summed E-state index contributed by atoms with van der Waals surface area (Å²) in [6, 6.07) is 6.43. The second-order valence-corrected chi connectivity index (χ2v) is 5.13. The molecule has 1 atom stereocenters. The molecule has 4 nitrogen and oxygen atoms in total. The Hall–Kier alpha value is -1.69. The van der Waals surface area contributed by atoms with Crippen LogP contribution in [0.2, 0.25) is 0 Å². The van der Waals surface area contributed by atoms with Gasteiger partial charge in [0.15, 0.2) is 0 Å². The van der Waals surface area contributed by atoms with Crippen molar-refractivity contribution >= 4 is 27.6 Å².